The number of benzene rings is 1. The Morgan fingerprint density at radius 3 is 2.61 bits per heavy atom. The van der Waals surface area contributed by atoms with Crippen LogP contribution in [0.2, 0.25) is 0 Å². The van der Waals surface area contributed by atoms with Gasteiger partial charge in [0.05, 0.1) is 21.5 Å². The second-order valence-electron chi connectivity index (χ2n) is 4.42. The van der Waals surface area contributed by atoms with Crippen molar-refractivity contribution in [3.05, 3.63) is 38.3 Å². The topological polar surface area (TPSA) is 119 Å². The van der Waals surface area contributed by atoms with E-state index in [1.165, 1.54) is 26.2 Å². The van der Waals surface area contributed by atoms with E-state index in [0.717, 1.165) is 11.0 Å². The van der Waals surface area contributed by atoms with Crippen molar-refractivity contribution in [1.29, 1.82) is 0 Å². The van der Waals surface area contributed by atoms with Crippen molar-refractivity contribution in [3.8, 4) is 0 Å². The Bertz CT molecular complexity index is 649. The molecule has 0 atom stereocenters. The fourth-order valence-electron chi connectivity index (χ4n) is 1.48. The second kappa shape index (κ2) is 8.22. The summed E-state index contributed by atoms with van der Waals surface area (Å²) in [4.78, 5) is 45.9. The Kier molecular flexibility index (Phi) is 6.64. The van der Waals surface area contributed by atoms with Crippen LogP contribution in [0.25, 0.3) is 0 Å². The van der Waals surface area contributed by atoms with E-state index in [9.17, 15) is 24.5 Å². The average Bonchev–Trinajstić information content (AvgIpc) is 2.51. The predicted molar refractivity (Wildman–Crippen MR) is 82.8 cm³/mol. The third kappa shape index (κ3) is 5.33. The Balaban J connectivity index is 2.67. The molecule has 0 spiro atoms. The van der Waals surface area contributed by atoms with Gasteiger partial charge in [0.2, 0.25) is 5.91 Å². The fourth-order valence-corrected chi connectivity index (χ4v) is 1.87. The summed E-state index contributed by atoms with van der Waals surface area (Å²) in [6.45, 7) is -0.743. The first-order chi connectivity index (χ1) is 10.8. The van der Waals surface area contributed by atoms with Gasteiger partial charge in [-0.25, -0.2) is 4.79 Å². The van der Waals surface area contributed by atoms with Gasteiger partial charge in [-0.15, -0.1) is 0 Å². The molecule has 0 aliphatic carbocycles. The SMILES string of the molecule is CNC(=O)CN(C)C(=O)COC(=O)c1ccc(Br)c([N+](=O)[O-])c1. The maximum Gasteiger partial charge on any atom is 0.338 e. The summed E-state index contributed by atoms with van der Waals surface area (Å²) in [7, 11) is 2.82. The van der Waals surface area contributed by atoms with Gasteiger partial charge in [-0.05, 0) is 28.1 Å². The number of halogens is 1. The molecule has 2 amide bonds. The zero-order chi connectivity index (χ0) is 17.6. The van der Waals surface area contributed by atoms with Gasteiger partial charge in [-0.1, -0.05) is 0 Å². The molecule has 10 heteroatoms. The lowest BCUT2D eigenvalue weighted by molar-refractivity contribution is -0.385. The van der Waals surface area contributed by atoms with E-state index in [1.54, 1.807) is 0 Å². The summed E-state index contributed by atoms with van der Waals surface area (Å²) in [6.07, 6.45) is 0. The number of carbonyl (C=O) groups is 3. The lowest BCUT2D eigenvalue weighted by Gasteiger charge is -2.15. The molecule has 0 aliphatic rings. The third-order valence-corrected chi connectivity index (χ3v) is 3.46. The molecule has 1 aromatic rings. The summed E-state index contributed by atoms with van der Waals surface area (Å²) in [5.41, 5.74) is -0.343. The number of hydrogen-bond donors (Lipinski definition) is 1. The van der Waals surface area contributed by atoms with Crippen LogP contribution in [-0.2, 0) is 14.3 Å². The first-order valence-electron chi connectivity index (χ1n) is 6.32. The molecular weight excluding hydrogens is 374 g/mol. The van der Waals surface area contributed by atoms with Crippen LogP contribution < -0.4 is 5.32 Å². The molecule has 23 heavy (non-hydrogen) atoms. The lowest BCUT2D eigenvalue weighted by atomic mass is 10.2. The van der Waals surface area contributed by atoms with Crippen LogP contribution in [-0.4, -0.2) is 54.9 Å². The van der Waals surface area contributed by atoms with Crippen LogP contribution in [0.3, 0.4) is 0 Å². The molecule has 0 saturated heterocycles. The highest BCUT2D eigenvalue weighted by Gasteiger charge is 2.19. The number of hydrogen-bond acceptors (Lipinski definition) is 6. The van der Waals surface area contributed by atoms with Crippen molar-refractivity contribution in [2.75, 3.05) is 27.2 Å². The fraction of sp³-hybridized carbons (Fsp3) is 0.308. The van der Waals surface area contributed by atoms with Crippen molar-refractivity contribution in [3.63, 3.8) is 0 Å². The Labute approximate surface area is 139 Å². The first-order valence-corrected chi connectivity index (χ1v) is 7.11. The standard InChI is InChI=1S/C13H14BrN3O6/c1-15-11(18)6-16(2)12(19)7-23-13(20)8-3-4-9(14)10(5-8)17(21)22/h3-5H,6-7H2,1-2H3,(H,15,18). The number of rotatable bonds is 6. The van der Waals surface area contributed by atoms with Crippen LogP contribution in [0.15, 0.2) is 22.7 Å². The Hall–Kier alpha value is -2.49. The van der Waals surface area contributed by atoms with Gasteiger partial charge in [-0.2, -0.15) is 0 Å². The minimum Gasteiger partial charge on any atom is -0.452 e. The Morgan fingerprint density at radius 2 is 2.04 bits per heavy atom. The molecule has 9 nitrogen and oxygen atoms in total. The number of esters is 1. The van der Waals surface area contributed by atoms with Crippen LogP contribution in [0.5, 0.6) is 0 Å². The number of ether oxygens (including phenoxy) is 1. The van der Waals surface area contributed by atoms with E-state index in [2.05, 4.69) is 21.2 Å². The molecule has 0 aliphatic heterocycles. The molecule has 1 N–H and O–H groups in total. The molecule has 0 radical (unpaired) electrons. The number of nitro benzene ring substituents is 1. The predicted octanol–water partition coefficient (Wildman–Crippen LogP) is 0.719. The van der Waals surface area contributed by atoms with Gasteiger partial charge in [0.25, 0.3) is 11.6 Å². The number of nitrogens with zero attached hydrogens (tertiary/aromatic N) is 2. The summed E-state index contributed by atoms with van der Waals surface area (Å²) in [5, 5.41) is 13.2. The number of nitrogens with one attached hydrogen (secondary N) is 1. The van der Waals surface area contributed by atoms with Gasteiger partial charge in [0, 0.05) is 20.2 Å². The molecule has 124 valence electrons. The number of likely N-dealkylation sites (N-methyl/N-ethyl adjacent to an activating group) is 2. The first kappa shape index (κ1) is 18.6. The van der Waals surface area contributed by atoms with Crippen molar-refractivity contribution in [2.45, 2.75) is 0 Å². The van der Waals surface area contributed by atoms with E-state index in [0.29, 0.717) is 0 Å². The van der Waals surface area contributed by atoms with Gasteiger partial charge in [-0.3, -0.25) is 19.7 Å². The van der Waals surface area contributed by atoms with Crippen LogP contribution in [0.4, 0.5) is 5.69 Å². The maximum absolute atomic E-state index is 11.8. The van der Waals surface area contributed by atoms with Gasteiger partial charge < -0.3 is 15.0 Å². The lowest BCUT2D eigenvalue weighted by Crippen LogP contribution is -2.39. The third-order valence-electron chi connectivity index (χ3n) is 2.79. The summed E-state index contributed by atoms with van der Waals surface area (Å²) in [5.74, 6) is -1.81. The molecule has 0 aromatic heterocycles. The highest BCUT2D eigenvalue weighted by Crippen LogP contribution is 2.25. The molecule has 1 aromatic carbocycles. The van der Waals surface area contributed by atoms with Crippen molar-refractivity contribution in [2.24, 2.45) is 0 Å². The van der Waals surface area contributed by atoms with Crippen molar-refractivity contribution < 1.29 is 24.0 Å². The van der Waals surface area contributed by atoms with E-state index in [4.69, 9.17) is 4.74 Å². The summed E-state index contributed by atoms with van der Waals surface area (Å²) in [6, 6.07) is 3.72. The van der Waals surface area contributed by atoms with Crippen LogP contribution in [0.1, 0.15) is 10.4 Å². The molecule has 0 fully saturated rings. The molecule has 0 heterocycles. The Morgan fingerprint density at radius 1 is 1.39 bits per heavy atom. The number of carbonyl (C=O) groups excluding carboxylic acids is 3. The van der Waals surface area contributed by atoms with E-state index in [-0.39, 0.29) is 28.2 Å². The highest BCUT2D eigenvalue weighted by molar-refractivity contribution is 9.10. The van der Waals surface area contributed by atoms with Gasteiger partial charge >= 0.3 is 5.97 Å². The average molecular weight is 388 g/mol. The molecule has 0 saturated carbocycles. The van der Waals surface area contributed by atoms with Crippen molar-refractivity contribution in [1.82, 2.24) is 10.2 Å². The van der Waals surface area contributed by atoms with Crippen LogP contribution in [0, 0.1) is 10.1 Å². The highest BCUT2D eigenvalue weighted by atomic mass is 79.9. The van der Waals surface area contributed by atoms with Gasteiger partial charge in [0.1, 0.15) is 0 Å². The minimum absolute atomic E-state index is 0.0540. The van der Waals surface area contributed by atoms with Crippen LogP contribution >= 0.6 is 15.9 Å². The monoisotopic (exact) mass is 387 g/mol. The molecule has 1 rings (SSSR count). The molecule has 0 unspecified atom stereocenters. The number of amides is 2. The zero-order valence-corrected chi connectivity index (χ0v) is 14.0. The summed E-state index contributed by atoms with van der Waals surface area (Å²) >= 11 is 3.00. The maximum atomic E-state index is 11.8. The van der Waals surface area contributed by atoms with E-state index < -0.39 is 23.4 Å². The molecular formula is C13H14BrN3O6. The minimum atomic E-state index is -0.873. The smallest absolute Gasteiger partial charge is 0.338 e. The van der Waals surface area contributed by atoms with E-state index >= 15 is 0 Å². The van der Waals surface area contributed by atoms with E-state index in [1.807, 2.05) is 0 Å². The largest absolute Gasteiger partial charge is 0.452 e. The molecule has 0 bridgehead atoms. The van der Waals surface area contributed by atoms with Gasteiger partial charge in [0.15, 0.2) is 6.61 Å². The number of nitro groups is 1. The normalized spacial score (nSPS) is 9.87. The quantitative estimate of drug-likeness (QED) is 0.436. The van der Waals surface area contributed by atoms with Crippen molar-refractivity contribution >= 4 is 39.4 Å². The zero-order valence-electron chi connectivity index (χ0n) is 12.4. The second-order valence-corrected chi connectivity index (χ2v) is 5.28. The summed E-state index contributed by atoms with van der Waals surface area (Å²) < 4.78 is 5.02.